The fraction of sp³-hybridized carbons (Fsp3) is 0.440. The van der Waals surface area contributed by atoms with Crippen LogP contribution in [0, 0.1) is 5.82 Å². The minimum Gasteiger partial charge on any atom is -0.439 e. The number of hydrogen-bond donors (Lipinski definition) is 3. The van der Waals surface area contributed by atoms with Crippen LogP contribution in [0.5, 0.6) is 0 Å². The van der Waals surface area contributed by atoms with Gasteiger partial charge in [0.15, 0.2) is 0 Å². The lowest BCUT2D eigenvalue weighted by Crippen LogP contribution is -2.54. The van der Waals surface area contributed by atoms with Crippen LogP contribution in [0.25, 0.3) is 0 Å². The number of alkyl carbamates (subject to hydrolysis) is 1. The predicted molar refractivity (Wildman–Crippen MR) is 131 cm³/mol. The number of benzene rings is 2. The quantitative estimate of drug-likeness (QED) is 0.403. The molecule has 230 valence electrons. The summed E-state index contributed by atoms with van der Waals surface area (Å²) >= 11 is 0. The molecule has 17 heteroatoms. The molecule has 2 heterocycles. The van der Waals surface area contributed by atoms with Crippen molar-refractivity contribution in [2.45, 2.75) is 60.7 Å². The standard InChI is InChI=1S/C25H24F7N3O6S/c1-22(13-34-21(37)41-22)12-33-20(36)11-17-6-2-14-10-15(23(38,24(27,28)29)25(30,31)32)3-9-19(14)35(17)42(39,40)18-7-4-16(26)5-8-18/h3-5,7-10,17,38H,2,6,11-13H2,1H3,(H,33,36)(H,34,37). The molecule has 2 aliphatic heterocycles. The maximum atomic E-state index is 13.7. The second-order valence-electron chi connectivity index (χ2n) is 10.2. The summed E-state index contributed by atoms with van der Waals surface area (Å²) in [6.45, 7) is 1.47. The van der Waals surface area contributed by atoms with E-state index in [0.29, 0.717) is 22.5 Å². The minimum atomic E-state index is -6.16. The maximum absolute atomic E-state index is 13.7. The van der Waals surface area contributed by atoms with E-state index in [1.165, 1.54) is 6.92 Å². The second-order valence-corrected chi connectivity index (χ2v) is 12.0. The predicted octanol–water partition coefficient (Wildman–Crippen LogP) is 3.65. The zero-order valence-electron chi connectivity index (χ0n) is 21.6. The van der Waals surface area contributed by atoms with Crippen molar-refractivity contribution >= 4 is 27.7 Å². The molecule has 2 aliphatic rings. The van der Waals surface area contributed by atoms with Gasteiger partial charge < -0.3 is 20.5 Å². The Morgan fingerprint density at radius 3 is 2.29 bits per heavy atom. The van der Waals surface area contributed by atoms with Gasteiger partial charge in [-0.05, 0) is 55.7 Å². The van der Waals surface area contributed by atoms with Gasteiger partial charge in [0, 0.05) is 12.0 Å². The highest BCUT2D eigenvalue weighted by molar-refractivity contribution is 7.92. The number of cyclic esters (lactones) is 1. The zero-order valence-corrected chi connectivity index (χ0v) is 22.5. The van der Waals surface area contributed by atoms with Gasteiger partial charge in [-0.25, -0.2) is 17.6 Å². The highest BCUT2D eigenvalue weighted by Crippen LogP contribution is 2.51. The summed E-state index contributed by atoms with van der Waals surface area (Å²) in [5.41, 5.74) is -8.47. The highest BCUT2D eigenvalue weighted by atomic mass is 32.2. The first kappa shape index (κ1) is 31.3. The van der Waals surface area contributed by atoms with Gasteiger partial charge in [0.2, 0.25) is 5.91 Å². The fourth-order valence-electron chi connectivity index (χ4n) is 4.81. The molecule has 0 bridgehead atoms. The summed E-state index contributed by atoms with van der Waals surface area (Å²) in [5.74, 6) is -1.46. The third kappa shape index (κ3) is 5.71. The summed E-state index contributed by atoms with van der Waals surface area (Å²) in [7, 11) is -4.64. The van der Waals surface area contributed by atoms with Crippen LogP contribution in [0.4, 0.5) is 41.2 Å². The second kappa shape index (κ2) is 10.6. The van der Waals surface area contributed by atoms with Crippen molar-refractivity contribution in [1.82, 2.24) is 10.6 Å². The lowest BCUT2D eigenvalue weighted by Gasteiger charge is -2.39. The monoisotopic (exact) mass is 627 g/mol. The first-order valence-electron chi connectivity index (χ1n) is 12.3. The zero-order chi connectivity index (χ0) is 31.3. The number of carbonyl (C=O) groups excluding carboxylic acids is 2. The van der Waals surface area contributed by atoms with Gasteiger partial charge in [0.1, 0.15) is 11.4 Å². The summed E-state index contributed by atoms with van der Waals surface area (Å²) in [5, 5.41) is 14.8. The first-order chi connectivity index (χ1) is 19.3. The Balaban J connectivity index is 1.72. The van der Waals surface area contributed by atoms with E-state index < -0.39 is 74.3 Å². The van der Waals surface area contributed by atoms with Crippen LogP contribution in [0.15, 0.2) is 47.4 Å². The Morgan fingerprint density at radius 1 is 1.12 bits per heavy atom. The number of nitrogens with zero attached hydrogens (tertiary/aromatic N) is 1. The molecule has 0 aliphatic carbocycles. The van der Waals surface area contributed by atoms with Crippen molar-refractivity contribution in [1.29, 1.82) is 0 Å². The van der Waals surface area contributed by atoms with Crippen LogP contribution in [0.3, 0.4) is 0 Å². The third-order valence-corrected chi connectivity index (χ3v) is 8.91. The van der Waals surface area contributed by atoms with E-state index in [2.05, 4.69) is 10.6 Å². The summed E-state index contributed by atoms with van der Waals surface area (Å²) in [6.07, 6.45) is -14.0. The fourth-order valence-corrected chi connectivity index (χ4v) is 6.52. The molecular formula is C25H24F7N3O6S. The Bertz CT molecular complexity index is 1470. The van der Waals surface area contributed by atoms with Crippen LogP contribution in [0.2, 0.25) is 0 Å². The van der Waals surface area contributed by atoms with E-state index in [0.717, 1.165) is 24.3 Å². The van der Waals surface area contributed by atoms with Crippen LogP contribution < -0.4 is 14.9 Å². The molecule has 2 aromatic rings. The van der Waals surface area contributed by atoms with E-state index in [1.807, 2.05) is 0 Å². The van der Waals surface area contributed by atoms with Crippen molar-refractivity contribution in [3.8, 4) is 0 Å². The minimum absolute atomic E-state index is 0.0819. The van der Waals surface area contributed by atoms with Gasteiger partial charge in [-0.1, -0.05) is 12.1 Å². The van der Waals surface area contributed by atoms with Crippen molar-refractivity contribution in [3.63, 3.8) is 0 Å². The van der Waals surface area contributed by atoms with Crippen LogP contribution in [-0.2, 0) is 31.6 Å². The Hall–Kier alpha value is -3.60. The first-order valence-corrected chi connectivity index (χ1v) is 13.8. The third-order valence-electron chi connectivity index (χ3n) is 7.03. The number of ether oxygens (including phenoxy) is 1. The number of carbonyl (C=O) groups is 2. The molecule has 2 atom stereocenters. The molecule has 42 heavy (non-hydrogen) atoms. The molecule has 0 radical (unpaired) electrons. The van der Waals surface area contributed by atoms with Gasteiger partial charge >= 0.3 is 18.4 Å². The number of fused-ring (bicyclic) bond motifs is 1. The van der Waals surface area contributed by atoms with Gasteiger partial charge in [0.25, 0.3) is 15.6 Å². The van der Waals surface area contributed by atoms with Crippen molar-refractivity contribution in [2.75, 3.05) is 17.4 Å². The molecule has 1 saturated heterocycles. The van der Waals surface area contributed by atoms with Crippen LogP contribution in [-0.4, -0.2) is 62.6 Å². The number of anilines is 1. The number of nitrogens with one attached hydrogen (secondary N) is 2. The van der Waals surface area contributed by atoms with E-state index in [-0.39, 0.29) is 37.2 Å². The molecule has 2 amide bonds. The SMILES string of the molecule is CC1(CNC(=O)CC2CCc3cc(C(O)(C(F)(F)F)C(F)(F)F)ccc3N2S(=O)(=O)c2ccc(F)cc2)CNC(=O)O1. The molecule has 2 aromatic carbocycles. The van der Waals surface area contributed by atoms with Crippen molar-refractivity contribution < 1.29 is 58.6 Å². The van der Waals surface area contributed by atoms with E-state index >= 15 is 0 Å². The van der Waals surface area contributed by atoms with Crippen LogP contribution >= 0.6 is 0 Å². The Morgan fingerprint density at radius 2 is 1.74 bits per heavy atom. The molecule has 0 aromatic heterocycles. The summed E-state index contributed by atoms with van der Waals surface area (Å²) < 4.78 is 128. The molecular weight excluding hydrogens is 603 g/mol. The number of aryl methyl sites for hydroxylation is 1. The van der Waals surface area contributed by atoms with E-state index in [1.54, 1.807) is 0 Å². The average molecular weight is 628 g/mol. The summed E-state index contributed by atoms with van der Waals surface area (Å²) in [4.78, 5) is 23.7. The molecule has 1 fully saturated rings. The molecule has 9 nitrogen and oxygen atoms in total. The van der Waals surface area contributed by atoms with Crippen molar-refractivity contribution in [3.05, 3.63) is 59.4 Å². The number of amides is 2. The number of halogens is 7. The molecule has 4 rings (SSSR count). The lowest BCUT2D eigenvalue weighted by atomic mass is 9.87. The van der Waals surface area contributed by atoms with E-state index in [9.17, 15) is 53.8 Å². The number of rotatable bonds is 7. The number of hydrogen-bond acceptors (Lipinski definition) is 6. The topological polar surface area (TPSA) is 125 Å². The largest absolute Gasteiger partial charge is 0.439 e. The van der Waals surface area contributed by atoms with E-state index in [4.69, 9.17) is 4.74 Å². The van der Waals surface area contributed by atoms with Crippen molar-refractivity contribution in [2.24, 2.45) is 0 Å². The normalized spacial score (nSPS) is 21.4. The molecule has 0 saturated carbocycles. The molecule has 0 spiro atoms. The van der Waals surface area contributed by atoms with Crippen LogP contribution in [0.1, 0.15) is 30.9 Å². The van der Waals surface area contributed by atoms with Gasteiger partial charge in [-0.3, -0.25) is 9.10 Å². The van der Waals surface area contributed by atoms with Gasteiger partial charge in [0.05, 0.1) is 29.7 Å². The smallest absolute Gasteiger partial charge is 0.430 e. The Kier molecular flexibility index (Phi) is 7.90. The van der Waals surface area contributed by atoms with Gasteiger partial charge in [-0.2, -0.15) is 26.3 Å². The lowest BCUT2D eigenvalue weighted by molar-refractivity contribution is -0.376. The highest BCUT2D eigenvalue weighted by Gasteiger charge is 2.71. The average Bonchev–Trinajstić information content (AvgIpc) is 3.23. The number of aliphatic hydroxyl groups is 1. The molecule has 2 unspecified atom stereocenters. The molecule has 3 N–H and O–H groups in total. The number of alkyl halides is 6. The van der Waals surface area contributed by atoms with Gasteiger partial charge in [-0.15, -0.1) is 0 Å². The summed E-state index contributed by atoms with van der Waals surface area (Å²) in [6, 6.07) is 3.79. The number of sulfonamides is 1. The Labute approximate surface area is 234 Å². The maximum Gasteiger partial charge on any atom is 0.430 e.